The maximum Gasteiger partial charge on any atom is 0.237 e. The molecule has 0 spiro atoms. The van der Waals surface area contributed by atoms with Gasteiger partial charge in [0.1, 0.15) is 5.75 Å². The zero-order chi connectivity index (χ0) is 23.5. The number of piperazine rings is 1. The summed E-state index contributed by atoms with van der Waals surface area (Å²) in [6.07, 6.45) is 1.52. The van der Waals surface area contributed by atoms with Gasteiger partial charge in [-0.25, -0.2) is 8.42 Å². The monoisotopic (exact) mass is 483 g/mol. The summed E-state index contributed by atoms with van der Waals surface area (Å²) in [4.78, 5) is 19.8. The molecule has 0 aliphatic carbocycles. The van der Waals surface area contributed by atoms with Crippen LogP contribution in [-0.4, -0.2) is 85.9 Å². The molecule has 182 valence electrons. The summed E-state index contributed by atoms with van der Waals surface area (Å²) in [7, 11) is -3.06. The number of sulfone groups is 1. The number of rotatable bonds is 7. The van der Waals surface area contributed by atoms with Crippen LogP contribution in [0.25, 0.3) is 0 Å². The van der Waals surface area contributed by atoms with Crippen molar-refractivity contribution in [2.24, 2.45) is 0 Å². The number of hydrogen-bond donors (Lipinski definition) is 0. The Hall–Kier alpha value is -2.42. The van der Waals surface area contributed by atoms with E-state index in [1.165, 1.54) is 11.1 Å². The average molecular weight is 484 g/mol. The van der Waals surface area contributed by atoms with Crippen molar-refractivity contribution < 1.29 is 17.9 Å². The summed E-state index contributed by atoms with van der Waals surface area (Å²) in [5.74, 6) is 1.29. The molecule has 0 N–H and O–H groups in total. The van der Waals surface area contributed by atoms with Gasteiger partial charge in [0.2, 0.25) is 5.91 Å². The molecule has 0 bridgehead atoms. The van der Waals surface area contributed by atoms with Gasteiger partial charge >= 0.3 is 0 Å². The number of carbonyl (C=O) groups excluding carboxylic acids is 1. The van der Waals surface area contributed by atoms with Crippen molar-refractivity contribution in [3.05, 3.63) is 65.2 Å². The Labute approximate surface area is 202 Å². The first-order valence-corrected chi connectivity index (χ1v) is 14.0. The van der Waals surface area contributed by atoms with Crippen molar-refractivity contribution in [3.63, 3.8) is 0 Å². The van der Waals surface area contributed by atoms with Crippen LogP contribution in [0.4, 0.5) is 0 Å². The van der Waals surface area contributed by atoms with E-state index in [1.54, 1.807) is 4.90 Å². The Morgan fingerprint density at radius 1 is 1.00 bits per heavy atom. The molecule has 3 heterocycles. The lowest BCUT2D eigenvalue weighted by Gasteiger charge is -2.36. The quantitative estimate of drug-likeness (QED) is 0.600. The Morgan fingerprint density at radius 2 is 1.76 bits per heavy atom. The Kier molecular flexibility index (Phi) is 6.90. The fourth-order valence-corrected chi connectivity index (χ4v) is 6.94. The number of nitrogens with zero attached hydrogens (tertiary/aromatic N) is 3. The highest BCUT2D eigenvalue weighted by molar-refractivity contribution is 7.91. The summed E-state index contributed by atoms with van der Waals surface area (Å²) in [6.45, 7) is 5.99. The minimum Gasteiger partial charge on any atom is -0.493 e. The van der Waals surface area contributed by atoms with E-state index in [0.29, 0.717) is 19.5 Å². The molecule has 1 atom stereocenters. The Bertz CT molecular complexity index is 1110. The summed E-state index contributed by atoms with van der Waals surface area (Å²) < 4.78 is 29.8. The zero-order valence-electron chi connectivity index (χ0n) is 19.6. The van der Waals surface area contributed by atoms with Gasteiger partial charge in [-0.15, -0.1) is 0 Å². The van der Waals surface area contributed by atoms with Gasteiger partial charge in [-0.3, -0.25) is 14.6 Å². The Balaban J connectivity index is 1.17. The number of fused-ring (bicyclic) bond motifs is 1. The van der Waals surface area contributed by atoms with Crippen LogP contribution in [0.5, 0.6) is 5.75 Å². The van der Waals surface area contributed by atoms with Gasteiger partial charge in [0, 0.05) is 51.7 Å². The van der Waals surface area contributed by atoms with E-state index in [1.807, 2.05) is 30.3 Å². The normalized spacial score (nSPS) is 22.3. The second-order valence-corrected chi connectivity index (χ2v) is 11.9. The van der Waals surface area contributed by atoms with Crippen LogP contribution in [0.2, 0.25) is 0 Å². The smallest absolute Gasteiger partial charge is 0.237 e. The van der Waals surface area contributed by atoms with E-state index in [4.69, 9.17) is 4.74 Å². The van der Waals surface area contributed by atoms with Crippen LogP contribution in [0.1, 0.15) is 23.1 Å². The van der Waals surface area contributed by atoms with Crippen molar-refractivity contribution >= 4 is 15.7 Å². The fraction of sp³-hybridized carbons (Fsp3) is 0.500. The fourth-order valence-electron chi connectivity index (χ4n) is 5.21. The molecule has 0 saturated carbocycles. The molecule has 2 aromatic carbocycles. The van der Waals surface area contributed by atoms with Crippen LogP contribution < -0.4 is 4.74 Å². The molecule has 34 heavy (non-hydrogen) atoms. The highest BCUT2D eigenvalue weighted by Gasteiger charge is 2.35. The van der Waals surface area contributed by atoms with Gasteiger partial charge in [0.15, 0.2) is 9.84 Å². The molecule has 3 aliphatic rings. The Morgan fingerprint density at radius 3 is 2.50 bits per heavy atom. The molecule has 1 amide bonds. The number of ether oxygens (including phenoxy) is 1. The van der Waals surface area contributed by atoms with E-state index in [2.05, 4.69) is 28.0 Å². The zero-order valence-corrected chi connectivity index (χ0v) is 20.4. The molecular formula is C26H33N3O4S. The molecule has 0 radical (unpaired) electrons. The molecule has 0 unspecified atom stereocenters. The third-order valence-electron chi connectivity index (χ3n) is 7.15. The number of hydrogen-bond acceptors (Lipinski definition) is 6. The SMILES string of the molecule is O=C(CN1CCN(Cc2ccc3c(c2)CCO3)CC1)N(Cc1ccccc1)[C@H]1CCS(=O)(=O)C1. The molecule has 3 aliphatic heterocycles. The third-order valence-corrected chi connectivity index (χ3v) is 8.90. The summed E-state index contributed by atoms with van der Waals surface area (Å²) in [5, 5.41) is 0. The summed E-state index contributed by atoms with van der Waals surface area (Å²) in [6, 6.07) is 16.1. The maximum absolute atomic E-state index is 13.4. The lowest BCUT2D eigenvalue weighted by atomic mass is 10.1. The molecule has 2 saturated heterocycles. The van der Waals surface area contributed by atoms with Gasteiger partial charge < -0.3 is 9.64 Å². The molecule has 8 heteroatoms. The molecular weight excluding hydrogens is 450 g/mol. The lowest BCUT2D eigenvalue weighted by Crippen LogP contribution is -2.51. The highest BCUT2D eigenvalue weighted by atomic mass is 32.2. The van der Waals surface area contributed by atoms with E-state index in [9.17, 15) is 13.2 Å². The minimum absolute atomic E-state index is 0.0259. The highest BCUT2D eigenvalue weighted by Crippen LogP contribution is 2.26. The second kappa shape index (κ2) is 10.1. The molecule has 5 rings (SSSR count). The predicted octanol–water partition coefficient (Wildman–Crippen LogP) is 1.95. The van der Waals surface area contributed by atoms with Crippen LogP contribution in [0.15, 0.2) is 48.5 Å². The van der Waals surface area contributed by atoms with Crippen molar-refractivity contribution in [2.75, 3.05) is 50.8 Å². The second-order valence-electron chi connectivity index (χ2n) is 9.66. The molecule has 7 nitrogen and oxygen atoms in total. The molecule has 2 aromatic rings. The van der Waals surface area contributed by atoms with Crippen molar-refractivity contribution in [1.82, 2.24) is 14.7 Å². The van der Waals surface area contributed by atoms with Crippen LogP contribution in [0.3, 0.4) is 0 Å². The van der Waals surface area contributed by atoms with Crippen molar-refractivity contribution in [1.29, 1.82) is 0 Å². The van der Waals surface area contributed by atoms with Crippen molar-refractivity contribution in [2.45, 2.75) is 32.0 Å². The van der Waals surface area contributed by atoms with Gasteiger partial charge in [-0.1, -0.05) is 42.5 Å². The third kappa shape index (κ3) is 5.62. The van der Waals surface area contributed by atoms with Gasteiger partial charge in [0.05, 0.1) is 24.7 Å². The number of amides is 1. The lowest BCUT2D eigenvalue weighted by molar-refractivity contribution is -0.135. The largest absolute Gasteiger partial charge is 0.493 e. The van der Waals surface area contributed by atoms with Gasteiger partial charge in [0.25, 0.3) is 0 Å². The number of carbonyl (C=O) groups is 1. The van der Waals surface area contributed by atoms with Gasteiger partial charge in [-0.2, -0.15) is 0 Å². The maximum atomic E-state index is 13.4. The first-order chi connectivity index (χ1) is 16.4. The van der Waals surface area contributed by atoms with E-state index in [0.717, 1.165) is 57.1 Å². The first kappa shape index (κ1) is 23.3. The number of benzene rings is 2. The van der Waals surface area contributed by atoms with Crippen LogP contribution >= 0.6 is 0 Å². The topological polar surface area (TPSA) is 70.2 Å². The van der Waals surface area contributed by atoms with Crippen LogP contribution in [-0.2, 0) is 34.1 Å². The minimum atomic E-state index is -3.06. The van der Waals surface area contributed by atoms with Crippen LogP contribution in [0, 0.1) is 0 Å². The first-order valence-electron chi connectivity index (χ1n) is 12.2. The van der Waals surface area contributed by atoms with E-state index < -0.39 is 9.84 Å². The van der Waals surface area contributed by atoms with E-state index >= 15 is 0 Å². The molecule has 2 fully saturated rings. The van der Waals surface area contributed by atoms with Crippen molar-refractivity contribution in [3.8, 4) is 5.75 Å². The standard InChI is InChI=1S/C26H33N3O4S/c30-26(29(18-21-4-2-1-3-5-21)24-9-15-34(31,32)20-24)19-28-12-10-27(11-13-28)17-22-6-7-25-23(16-22)8-14-33-25/h1-7,16,24H,8-15,17-20H2/t24-/m0/s1. The summed E-state index contributed by atoms with van der Waals surface area (Å²) in [5.41, 5.74) is 3.64. The predicted molar refractivity (Wildman–Crippen MR) is 131 cm³/mol. The molecule has 0 aromatic heterocycles. The van der Waals surface area contributed by atoms with E-state index in [-0.39, 0.29) is 23.5 Å². The average Bonchev–Trinajstić information content (AvgIpc) is 3.44. The van der Waals surface area contributed by atoms with Gasteiger partial charge in [-0.05, 0) is 29.2 Å². The summed E-state index contributed by atoms with van der Waals surface area (Å²) >= 11 is 0.